The van der Waals surface area contributed by atoms with Crippen molar-refractivity contribution in [2.24, 2.45) is 5.92 Å². The topological polar surface area (TPSA) is 58.2 Å². The normalized spacial score (nSPS) is 16.6. The molecule has 0 bridgehead atoms. The summed E-state index contributed by atoms with van der Waals surface area (Å²) in [5.41, 5.74) is 2.41. The number of methoxy groups -OCH3 is 1. The number of halogens is 2. The van der Waals surface area contributed by atoms with Gasteiger partial charge in [0.2, 0.25) is 5.91 Å². The smallest absolute Gasteiger partial charge is 0.230 e. The van der Waals surface area contributed by atoms with Crippen LogP contribution in [0.1, 0.15) is 12.0 Å². The highest BCUT2D eigenvalue weighted by Crippen LogP contribution is 2.32. The number of ether oxygens (including phenoxy) is 1. The molecule has 1 amide bonds. The first-order chi connectivity index (χ1) is 13.5. The van der Waals surface area contributed by atoms with E-state index in [-0.39, 0.29) is 17.5 Å². The van der Waals surface area contributed by atoms with Crippen molar-refractivity contribution in [3.05, 3.63) is 66.0 Å². The lowest BCUT2D eigenvalue weighted by atomic mass is 9.98. The van der Waals surface area contributed by atoms with E-state index in [4.69, 9.17) is 4.74 Å². The molecule has 3 aromatic rings. The predicted molar refractivity (Wildman–Crippen MR) is 101 cm³/mol. The van der Waals surface area contributed by atoms with Crippen LogP contribution in [0.25, 0.3) is 11.1 Å². The van der Waals surface area contributed by atoms with Crippen molar-refractivity contribution in [2.45, 2.75) is 12.8 Å². The quantitative estimate of drug-likeness (QED) is 0.726. The van der Waals surface area contributed by atoms with Crippen LogP contribution >= 0.6 is 0 Å². The second-order valence-electron chi connectivity index (χ2n) is 6.83. The fraction of sp³-hybridized carbons (Fsp3) is 0.238. The second-order valence-corrected chi connectivity index (χ2v) is 6.83. The number of H-pyrrole nitrogens is 1. The van der Waals surface area contributed by atoms with Crippen molar-refractivity contribution in [3.8, 4) is 16.9 Å². The van der Waals surface area contributed by atoms with Gasteiger partial charge in [-0.3, -0.25) is 9.89 Å². The molecular weight excluding hydrogens is 364 g/mol. The minimum atomic E-state index is -0.458. The monoisotopic (exact) mass is 383 g/mol. The van der Waals surface area contributed by atoms with Crippen LogP contribution in [0, 0.1) is 17.6 Å². The molecule has 2 heterocycles. The van der Waals surface area contributed by atoms with Crippen LogP contribution in [0.2, 0.25) is 0 Å². The maximum absolute atomic E-state index is 14.7. The highest BCUT2D eigenvalue weighted by molar-refractivity contribution is 5.97. The summed E-state index contributed by atoms with van der Waals surface area (Å²) in [5.74, 6) is -0.923. The van der Waals surface area contributed by atoms with Gasteiger partial charge < -0.3 is 9.64 Å². The minimum Gasteiger partial charge on any atom is -0.497 e. The van der Waals surface area contributed by atoms with Crippen molar-refractivity contribution >= 4 is 11.6 Å². The number of nitrogens with one attached hydrogen (secondary N) is 1. The third-order valence-corrected chi connectivity index (χ3v) is 5.04. The Kier molecular flexibility index (Phi) is 4.81. The van der Waals surface area contributed by atoms with E-state index >= 15 is 0 Å². The molecule has 1 aromatic heterocycles. The van der Waals surface area contributed by atoms with Gasteiger partial charge in [-0.1, -0.05) is 6.07 Å². The van der Waals surface area contributed by atoms with Gasteiger partial charge in [-0.05, 0) is 48.2 Å². The molecule has 1 unspecified atom stereocenters. The standard InChI is InChI=1S/C21H19F2N3O2/c1-28-18-8-13(7-17(22)10-18)6-15-4-5-26(21(15)27)20-3-2-14(9-19(20)23)16-11-24-25-12-16/h2-3,7-12,15H,4-6H2,1H3,(H,24,25). The van der Waals surface area contributed by atoms with Crippen LogP contribution in [-0.4, -0.2) is 29.8 Å². The lowest BCUT2D eigenvalue weighted by Crippen LogP contribution is -2.28. The molecule has 28 heavy (non-hydrogen) atoms. The molecule has 1 saturated heterocycles. The van der Waals surface area contributed by atoms with E-state index in [2.05, 4.69) is 10.2 Å². The van der Waals surface area contributed by atoms with Gasteiger partial charge in [0.05, 0.1) is 19.0 Å². The highest BCUT2D eigenvalue weighted by Gasteiger charge is 2.34. The van der Waals surface area contributed by atoms with E-state index in [1.54, 1.807) is 30.6 Å². The second kappa shape index (κ2) is 7.42. The molecule has 7 heteroatoms. The molecule has 0 spiro atoms. The SMILES string of the molecule is COc1cc(F)cc(CC2CCN(c3ccc(-c4cn[nH]c4)cc3F)C2=O)c1. The molecule has 5 nitrogen and oxygen atoms in total. The van der Waals surface area contributed by atoms with Crippen LogP contribution in [0.3, 0.4) is 0 Å². The van der Waals surface area contributed by atoms with Gasteiger partial charge in [-0.25, -0.2) is 8.78 Å². The highest BCUT2D eigenvalue weighted by atomic mass is 19.1. The van der Waals surface area contributed by atoms with Crippen LogP contribution in [0.4, 0.5) is 14.5 Å². The van der Waals surface area contributed by atoms with Crippen molar-refractivity contribution in [2.75, 3.05) is 18.6 Å². The summed E-state index contributed by atoms with van der Waals surface area (Å²) in [6.07, 6.45) is 4.26. The van der Waals surface area contributed by atoms with E-state index in [0.29, 0.717) is 36.3 Å². The van der Waals surface area contributed by atoms with Gasteiger partial charge in [-0.2, -0.15) is 5.10 Å². The number of benzene rings is 2. The average molecular weight is 383 g/mol. The molecule has 144 valence electrons. The fourth-order valence-electron chi connectivity index (χ4n) is 3.62. The largest absolute Gasteiger partial charge is 0.497 e. The molecule has 1 fully saturated rings. The molecule has 1 N–H and O–H groups in total. The zero-order chi connectivity index (χ0) is 19.7. The number of hydrogen-bond acceptors (Lipinski definition) is 3. The van der Waals surface area contributed by atoms with Crippen LogP contribution in [-0.2, 0) is 11.2 Å². The third-order valence-electron chi connectivity index (χ3n) is 5.04. The first-order valence-electron chi connectivity index (χ1n) is 8.98. The number of aromatic nitrogens is 2. The maximum atomic E-state index is 14.7. The van der Waals surface area contributed by atoms with Crippen LogP contribution in [0.5, 0.6) is 5.75 Å². The molecule has 0 aliphatic carbocycles. The molecule has 1 atom stereocenters. The number of carbonyl (C=O) groups excluding carboxylic acids is 1. The Labute approximate surface area is 160 Å². The molecular formula is C21H19F2N3O2. The molecule has 2 aromatic carbocycles. The zero-order valence-corrected chi connectivity index (χ0v) is 15.3. The zero-order valence-electron chi connectivity index (χ0n) is 15.3. The van der Waals surface area contributed by atoms with Gasteiger partial charge >= 0.3 is 0 Å². The summed E-state index contributed by atoms with van der Waals surface area (Å²) in [5, 5.41) is 6.55. The lowest BCUT2D eigenvalue weighted by Gasteiger charge is -2.18. The van der Waals surface area contributed by atoms with Gasteiger partial charge in [0, 0.05) is 30.3 Å². The number of amides is 1. The van der Waals surface area contributed by atoms with E-state index in [1.165, 1.54) is 30.2 Å². The number of anilines is 1. The molecule has 4 rings (SSSR count). The number of carbonyl (C=O) groups is 1. The first kappa shape index (κ1) is 18.2. The average Bonchev–Trinajstić information content (AvgIpc) is 3.33. The number of nitrogens with zero attached hydrogens (tertiary/aromatic N) is 2. The van der Waals surface area contributed by atoms with Crippen molar-refractivity contribution in [1.29, 1.82) is 0 Å². The van der Waals surface area contributed by atoms with E-state index in [9.17, 15) is 13.6 Å². The lowest BCUT2D eigenvalue weighted by molar-refractivity contribution is -0.120. The predicted octanol–water partition coefficient (Wildman–Crippen LogP) is 3.96. The Morgan fingerprint density at radius 2 is 2.07 bits per heavy atom. The van der Waals surface area contributed by atoms with Gasteiger partial charge in [0.15, 0.2) is 0 Å². The maximum Gasteiger partial charge on any atom is 0.230 e. The minimum absolute atomic E-state index is 0.154. The summed E-state index contributed by atoms with van der Waals surface area (Å²) < 4.78 is 33.5. The summed E-state index contributed by atoms with van der Waals surface area (Å²) in [4.78, 5) is 14.3. The molecule has 0 saturated carbocycles. The van der Waals surface area contributed by atoms with Crippen LogP contribution in [0.15, 0.2) is 48.8 Å². The van der Waals surface area contributed by atoms with Gasteiger partial charge in [-0.15, -0.1) is 0 Å². The van der Waals surface area contributed by atoms with E-state index in [0.717, 1.165) is 5.56 Å². The fourth-order valence-corrected chi connectivity index (χ4v) is 3.62. The van der Waals surface area contributed by atoms with Crippen molar-refractivity contribution in [1.82, 2.24) is 10.2 Å². The summed E-state index contributed by atoms with van der Waals surface area (Å²) in [6.45, 7) is 0.428. The van der Waals surface area contributed by atoms with E-state index in [1.807, 2.05) is 0 Å². The third kappa shape index (κ3) is 3.47. The van der Waals surface area contributed by atoms with Gasteiger partial charge in [0.25, 0.3) is 0 Å². The summed E-state index contributed by atoms with van der Waals surface area (Å²) in [6, 6.07) is 9.20. The van der Waals surface area contributed by atoms with Crippen molar-refractivity contribution in [3.63, 3.8) is 0 Å². The molecule has 0 radical (unpaired) electrons. The Hall–Kier alpha value is -3.22. The Bertz CT molecular complexity index is 1000. The molecule has 1 aliphatic heterocycles. The van der Waals surface area contributed by atoms with E-state index < -0.39 is 11.6 Å². The summed E-state index contributed by atoms with van der Waals surface area (Å²) in [7, 11) is 1.47. The van der Waals surface area contributed by atoms with Crippen molar-refractivity contribution < 1.29 is 18.3 Å². The Balaban J connectivity index is 1.52. The molecule has 1 aliphatic rings. The number of hydrogen-bond donors (Lipinski definition) is 1. The van der Waals surface area contributed by atoms with Gasteiger partial charge in [0.1, 0.15) is 17.4 Å². The number of aromatic amines is 1. The Morgan fingerprint density at radius 1 is 1.21 bits per heavy atom. The van der Waals surface area contributed by atoms with Crippen LogP contribution < -0.4 is 9.64 Å². The first-order valence-corrected chi connectivity index (χ1v) is 8.98. The Morgan fingerprint density at radius 3 is 2.79 bits per heavy atom. The number of rotatable bonds is 5. The summed E-state index contributed by atoms with van der Waals surface area (Å²) >= 11 is 0.